The summed E-state index contributed by atoms with van der Waals surface area (Å²) in [5.41, 5.74) is 2.22. The summed E-state index contributed by atoms with van der Waals surface area (Å²) >= 11 is 0. The van der Waals surface area contributed by atoms with Gasteiger partial charge in [0, 0.05) is 24.5 Å². The minimum absolute atomic E-state index is 0.188. The average molecular weight is 333 g/mol. The molecule has 0 radical (unpaired) electrons. The van der Waals surface area contributed by atoms with Crippen molar-refractivity contribution in [3.63, 3.8) is 0 Å². The molecule has 0 aliphatic carbocycles. The number of ether oxygens (including phenoxy) is 1. The van der Waals surface area contributed by atoms with Gasteiger partial charge in [-0.3, -0.25) is 4.99 Å². The molecule has 1 N–H and O–H groups in total. The molecule has 0 spiro atoms. The van der Waals surface area contributed by atoms with Crippen LogP contribution in [0, 0.1) is 17.6 Å². The van der Waals surface area contributed by atoms with Gasteiger partial charge in [0.1, 0.15) is 0 Å². The van der Waals surface area contributed by atoms with Gasteiger partial charge in [0.25, 0.3) is 0 Å². The topological polar surface area (TPSA) is 41.8 Å². The molecule has 1 aromatic carbocycles. The number of hydrogen-bond donors (Lipinski definition) is 1. The van der Waals surface area contributed by atoms with Crippen LogP contribution in [-0.2, 0) is 4.74 Å². The van der Waals surface area contributed by atoms with Crippen molar-refractivity contribution in [3.8, 4) is 5.75 Å². The van der Waals surface area contributed by atoms with Crippen molar-refractivity contribution in [2.75, 3.05) is 13.2 Å². The molecule has 1 saturated heterocycles. The second-order valence-corrected chi connectivity index (χ2v) is 6.32. The Morgan fingerprint density at radius 3 is 2.92 bits per heavy atom. The standard InChI is InChI=1S/C19H21F2NO2/c1-12-11-17(14-5-6-15(20)18(21)19(14)23)22-16(12)7-4-13-3-2-9-24-10-8-13/h5-6,11,13,23H,1-4,7-10H2. The van der Waals surface area contributed by atoms with Crippen molar-refractivity contribution >= 4 is 11.4 Å². The fourth-order valence-electron chi connectivity index (χ4n) is 3.20. The fourth-order valence-corrected chi connectivity index (χ4v) is 3.20. The van der Waals surface area contributed by atoms with E-state index in [1.54, 1.807) is 6.08 Å². The number of phenolic OH excluding ortho intramolecular Hbond substituents is 1. The second kappa shape index (κ2) is 7.26. The minimum atomic E-state index is -1.25. The van der Waals surface area contributed by atoms with E-state index >= 15 is 0 Å². The molecule has 128 valence electrons. The molecule has 24 heavy (non-hydrogen) atoms. The molecule has 1 unspecified atom stereocenters. The van der Waals surface area contributed by atoms with Crippen molar-refractivity contribution in [1.82, 2.24) is 0 Å². The van der Waals surface area contributed by atoms with Gasteiger partial charge in [-0.05, 0) is 61.8 Å². The molecule has 0 saturated carbocycles. The number of allylic oxidation sites excluding steroid dienone is 2. The zero-order valence-corrected chi connectivity index (χ0v) is 13.5. The lowest BCUT2D eigenvalue weighted by molar-refractivity contribution is 0.141. The Morgan fingerprint density at radius 2 is 2.08 bits per heavy atom. The van der Waals surface area contributed by atoms with Crippen LogP contribution >= 0.6 is 0 Å². The van der Waals surface area contributed by atoms with Gasteiger partial charge in [0.05, 0.1) is 5.70 Å². The predicted octanol–water partition coefficient (Wildman–Crippen LogP) is 4.62. The molecule has 3 nitrogen and oxygen atoms in total. The summed E-state index contributed by atoms with van der Waals surface area (Å²) in [4.78, 5) is 4.48. The van der Waals surface area contributed by atoms with E-state index in [9.17, 15) is 13.9 Å². The zero-order chi connectivity index (χ0) is 17.1. The summed E-state index contributed by atoms with van der Waals surface area (Å²) in [5.74, 6) is -2.42. The summed E-state index contributed by atoms with van der Waals surface area (Å²) in [5, 5.41) is 9.81. The van der Waals surface area contributed by atoms with E-state index in [-0.39, 0.29) is 5.56 Å². The van der Waals surface area contributed by atoms with Gasteiger partial charge in [-0.15, -0.1) is 0 Å². The Bertz CT molecular complexity index is 702. The van der Waals surface area contributed by atoms with E-state index < -0.39 is 17.4 Å². The van der Waals surface area contributed by atoms with E-state index in [0.717, 1.165) is 62.7 Å². The first kappa shape index (κ1) is 16.8. The first-order valence-electron chi connectivity index (χ1n) is 8.30. The first-order valence-corrected chi connectivity index (χ1v) is 8.30. The highest BCUT2D eigenvalue weighted by Gasteiger charge is 2.21. The highest BCUT2D eigenvalue weighted by molar-refractivity contribution is 6.10. The van der Waals surface area contributed by atoms with E-state index in [1.165, 1.54) is 6.07 Å². The molecule has 5 heteroatoms. The van der Waals surface area contributed by atoms with Crippen molar-refractivity contribution in [1.29, 1.82) is 0 Å². The maximum Gasteiger partial charge on any atom is 0.201 e. The van der Waals surface area contributed by atoms with Crippen LogP contribution in [0.1, 0.15) is 37.7 Å². The first-order chi connectivity index (χ1) is 11.6. The lowest BCUT2D eigenvalue weighted by Crippen LogP contribution is -2.05. The molecule has 0 bridgehead atoms. The number of phenols is 1. The third-order valence-corrected chi connectivity index (χ3v) is 4.64. The van der Waals surface area contributed by atoms with E-state index in [1.807, 2.05) is 0 Å². The van der Waals surface area contributed by atoms with Gasteiger partial charge >= 0.3 is 0 Å². The molecule has 0 amide bonds. The van der Waals surface area contributed by atoms with E-state index in [2.05, 4.69) is 11.6 Å². The average Bonchev–Trinajstić information content (AvgIpc) is 2.76. The highest BCUT2D eigenvalue weighted by Crippen LogP contribution is 2.34. The van der Waals surface area contributed by atoms with Crippen molar-refractivity contribution < 1.29 is 18.6 Å². The normalized spacial score (nSPS) is 21.4. The number of rotatable bonds is 4. The van der Waals surface area contributed by atoms with Gasteiger partial charge < -0.3 is 9.84 Å². The molecule has 1 fully saturated rings. The third-order valence-electron chi connectivity index (χ3n) is 4.64. The van der Waals surface area contributed by atoms with Crippen molar-refractivity contribution in [3.05, 3.63) is 47.6 Å². The van der Waals surface area contributed by atoms with Gasteiger partial charge in [0.15, 0.2) is 11.6 Å². The van der Waals surface area contributed by atoms with Crippen LogP contribution in [0.5, 0.6) is 5.75 Å². The van der Waals surface area contributed by atoms with Gasteiger partial charge in [0.2, 0.25) is 5.82 Å². The van der Waals surface area contributed by atoms with Crippen LogP contribution in [0.25, 0.3) is 5.70 Å². The van der Waals surface area contributed by atoms with Gasteiger partial charge in [-0.25, -0.2) is 4.39 Å². The lowest BCUT2D eigenvalue weighted by atomic mass is 9.93. The van der Waals surface area contributed by atoms with Crippen LogP contribution < -0.4 is 0 Å². The second-order valence-electron chi connectivity index (χ2n) is 6.32. The maximum atomic E-state index is 13.5. The minimum Gasteiger partial charge on any atom is -0.504 e. The SMILES string of the molecule is C=C1C=C(c2ccc(F)c(F)c2O)N=C1CCC1CCCOCC1. The van der Waals surface area contributed by atoms with Crippen LogP contribution in [0.2, 0.25) is 0 Å². The summed E-state index contributed by atoms with van der Waals surface area (Å²) in [6.45, 7) is 5.63. The quantitative estimate of drug-likeness (QED) is 0.873. The summed E-state index contributed by atoms with van der Waals surface area (Å²) in [7, 11) is 0. The maximum absolute atomic E-state index is 13.5. The summed E-state index contributed by atoms with van der Waals surface area (Å²) in [6.07, 6.45) is 6.80. The number of halogens is 2. The predicted molar refractivity (Wildman–Crippen MR) is 90.0 cm³/mol. The lowest BCUT2D eigenvalue weighted by Gasteiger charge is -2.13. The Morgan fingerprint density at radius 1 is 1.25 bits per heavy atom. The van der Waals surface area contributed by atoms with Crippen LogP contribution in [0.15, 0.2) is 35.4 Å². The molecule has 2 aliphatic heterocycles. The van der Waals surface area contributed by atoms with Gasteiger partial charge in [-0.1, -0.05) is 6.58 Å². The van der Waals surface area contributed by atoms with Crippen molar-refractivity contribution in [2.45, 2.75) is 32.1 Å². The third kappa shape index (κ3) is 3.56. The number of benzene rings is 1. The Hall–Kier alpha value is -2.01. The van der Waals surface area contributed by atoms with Crippen LogP contribution in [-0.4, -0.2) is 24.0 Å². The number of aliphatic imine (C=N–C) groups is 1. The van der Waals surface area contributed by atoms with E-state index in [4.69, 9.17) is 4.74 Å². The molecule has 1 atom stereocenters. The smallest absolute Gasteiger partial charge is 0.201 e. The molecule has 3 rings (SSSR count). The van der Waals surface area contributed by atoms with Gasteiger partial charge in [-0.2, -0.15) is 4.39 Å². The molecular weight excluding hydrogens is 312 g/mol. The summed E-state index contributed by atoms with van der Waals surface area (Å²) < 4.78 is 32.1. The number of aromatic hydroxyl groups is 1. The number of hydrogen-bond acceptors (Lipinski definition) is 3. The Balaban J connectivity index is 1.70. The molecule has 1 aromatic rings. The van der Waals surface area contributed by atoms with Crippen molar-refractivity contribution in [2.24, 2.45) is 10.9 Å². The Kier molecular flexibility index (Phi) is 5.09. The highest BCUT2D eigenvalue weighted by atomic mass is 19.2. The molecular formula is C19H21F2NO2. The Labute approximate surface area is 140 Å². The zero-order valence-electron chi connectivity index (χ0n) is 13.5. The van der Waals surface area contributed by atoms with E-state index in [0.29, 0.717) is 11.6 Å². The summed E-state index contributed by atoms with van der Waals surface area (Å²) in [6, 6.07) is 2.33. The largest absolute Gasteiger partial charge is 0.504 e. The molecule has 0 aromatic heterocycles. The van der Waals surface area contributed by atoms with Crippen LogP contribution in [0.4, 0.5) is 8.78 Å². The fraction of sp³-hybridized carbons (Fsp3) is 0.421. The number of nitrogens with zero attached hydrogens (tertiary/aromatic N) is 1. The monoisotopic (exact) mass is 333 g/mol. The van der Waals surface area contributed by atoms with Crippen LogP contribution in [0.3, 0.4) is 0 Å². The molecule has 2 aliphatic rings. The molecule has 2 heterocycles.